The summed E-state index contributed by atoms with van der Waals surface area (Å²) in [7, 11) is 1.71. The van der Waals surface area contributed by atoms with Crippen molar-refractivity contribution in [1.82, 2.24) is 9.80 Å². The molecule has 5 nitrogen and oxygen atoms in total. The number of benzene rings is 2. The average Bonchev–Trinajstić information content (AvgIpc) is 2.99. The summed E-state index contributed by atoms with van der Waals surface area (Å²) < 4.78 is 11.5. The molecule has 1 N–H and O–H groups in total. The zero-order chi connectivity index (χ0) is 20.8. The van der Waals surface area contributed by atoms with Gasteiger partial charge in [0.1, 0.15) is 11.5 Å². The number of nitrogens with zero attached hydrogens (tertiary/aromatic N) is 2. The Bertz CT molecular complexity index is 787. The molecular formula is C25H34N2O3. The van der Waals surface area contributed by atoms with E-state index in [1.807, 2.05) is 24.3 Å². The standard InChI is InChI=1S/C25H34N2O3/c1-29-24-8-6-20(7-9-24)17-27-12-3-15-30-25(19-27)18-26-13-10-21(11-14-26)22-4-2-5-23(28)16-22/h2,4-9,16,21,25,28H,3,10-15,17-19H2,1H3. The lowest BCUT2D eigenvalue weighted by atomic mass is 9.89. The van der Waals surface area contributed by atoms with E-state index in [4.69, 9.17) is 9.47 Å². The predicted octanol–water partition coefficient (Wildman–Crippen LogP) is 3.87. The lowest BCUT2D eigenvalue weighted by Gasteiger charge is -2.35. The van der Waals surface area contributed by atoms with Gasteiger partial charge in [0.25, 0.3) is 0 Å². The number of piperidine rings is 1. The van der Waals surface area contributed by atoms with Crippen molar-refractivity contribution < 1.29 is 14.6 Å². The molecule has 30 heavy (non-hydrogen) atoms. The molecule has 1 unspecified atom stereocenters. The largest absolute Gasteiger partial charge is 0.508 e. The second kappa shape index (κ2) is 10.3. The maximum Gasteiger partial charge on any atom is 0.118 e. The van der Waals surface area contributed by atoms with Gasteiger partial charge in [0.2, 0.25) is 0 Å². The van der Waals surface area contributed by atoms with Gasteiger partial charge in [-0.2, -0.15) is 0 Å². The molecule has 2 aromatic rings. The number of ether oxygens (including phenoxy) is 2. The Kier molecular flexibility index (Phi) is 7.26. The van der Waals surface area contributed by atoms with Crippen LogP contribution in [0.25, 0.3) is 0 Å². The molecule has 2 aromatic carbocycles. The van der Waals surface area contributed by atoms with E-state index in [1.54, 1.807) is 13.2 Å². The van der Waals surface area contributed by atoms with Gasteiger partial charge in [0.15, 0.2) is 0 Å². The minimum Gasteiger partial charge on any atom is -0.508 e. The number of aromatic hydroxyl groups is 1. The molecule has 4 rings (SSSR count). The topological polar surface area (TPSA) is 45.2 Å². The first kappa shape index (κ1) is 21.2. The number of hydrogen-bond donors (Lipinski definition) is 1. The molecule has 0 spiro atoms. The molecule has 0 saturated carbocycles. The fraction of sp³-hybridized carbons (Fsp3) is 0.520. The van der Waals surface area contributed by atoms with Crippen molar-refractivity contribution in [2.45, 2.75) is 37.8 Å². The first-order valence-corrected chi connectivity index (χ1v) is 11.2. The molecule has 0 amide bonds. The highest BCUT2D eigenvalue weighted by atomic mass is 16.5. The van der Waals surface area contributed by atoms with Crippen molar-refractivity contribution in [2.24, 2.45) is 0 Å². The van der Waals surface area contributed by atoms with Gasteiger partial charge in [-0.15, -0.1) is 0 Å². The Morgan fingerprint density at radius 2 is 1.83 bits per heavy atom. The van der Waals surface area contributed by atoms with Crippen LogP contribution in [0.4, 0.5) is 0 Å². The second-order valence-corrected chi connectivity index (χ2v) is 8.60. The van der Waals surface area contributed by atoms with Crippen molar-refractivity contribution >= 4 is 0 Å². The molecule has 2 aliphatic rings. The average molecular weight is 411 g/mol. The van der Waals surface area contributed by atoms with Crippen LogP contribution in [0.15, 0.2) is 48.5 Å². The van der Waals surface area contributed by atoms with Crippen molar-refractivity contribution in [3.05, 3.63) is 59.7 Å². The van der Waals surface area contributed by atoms with Gasteiger partial charge >= 0.3 is 0 Å². The summed E-state index contributed by atoms with van der Waals surface area (Å²) in [4.78, 5) is 5.08. The molecule has 1 atom stereocenters. The maximum atomic E-state index is 9.76. The van der Waals surface area contributed by atoms with Gasteiger partial charge in [-0.05, 0) is 73.7 Å². The highest BCUT2D eigenvalue weighted by molar-refractivity contribution is 5.30. The van der Waals surface area contributed by atoms with Crippen LogP contribution in [-0.2, 0) is 11.3 Å². The summed E-state index contributed by atoms with van der Waals surface area (Å²) in [5.41, 5.74) is 2.59. The third kappa shape index (κ3) is 5.75. The monoisotopic (exact) mass is 410 g/mol. The molecule has 2 saturated heterocycles. The fourth-order valence-electron chi connectivity index (χ4n) is 4.73. The SMILES string of the molecule is COc1ccc(CN2CCCOC(CN3CCC(c4cccc(O)c4)CC3)C2)cc1. The summed E-state index contributed by atoms with van der Waals surface area (Å²) >= 11 is 0. The molecular weight excluding hydrogens is 376 g/mol. The summed E-state index contributed by atoms with van der Waals surface area (Å²) in [6, 6.07) is 16.2. The predicted molar refractivity (Wildman–Crippen MR) is 119 cm³/mol. The minimum absolute atomic E-state index is 0.267. The molecule has 0 bridgehead atoms. The Balaban J connectivity index is 1.27. The third-order valence-corrected chi connectivity index (χ3v) is 6.39. The fourth-order valence-corrected chi connectivity index (χ4v) is 4.73. The van der Waals surface area contributed by atoms with E-state index >= 15 is 0 Å². The second-order valence-electron chi connectivity index (χ2n) is 8.60. The van der Waals surface area contributed by atoms with E-state index in [2.05, 4.69) is 28.0 Å². The van der Waals surface area contributed by atoms with Gasteiger partial charge in [-0.3, -0.25) is 4.90 Å². The summed E-state index contributed by atoms with van der Waals surface area (Å²) in [6.45, 7) is 7.08. The number of phenols is 1. The van der Waals surface area contributed by atoms with E-state index in [-0.39, 0.29) is 6.10 Å². The van der Waals surface area contributed by atoms with E-state index in [9.17, 15) is 5.11 Å². The zero-order valence-electron chi connectivity index (χ0n) is 18.0. The number of hydrogen-bond acceptors (Lipinski definition) is 5. The Labute approximate surface area is 180 Å². The number of phenolic OH excluding ortho intramolecular Hbond substituents is 1. The van der Waals surface area contributed by atoms with E-state index in [1.165, 1.54) is 11.1 Å². The Morgan fingerprint density at radius 3 is 2.57 bits per heavy atom. The lowest BCUT2D eigenvalue weighted by molar-refractivity contribution is 0.0203. The highest BCUT2D eigenvalue weighted by Gasteiger charge is 2.25. The Hall–Kier alpha value is -2.08. The molecule has 2 fully saturated rings. The maximum absolute atomic E-state index is 9.76. The lowest BCUT2D eigenvalue weighted by Crippen LogP contribution is -2.43. The molecule has 2 aliphatic heterocycles. The van der Waals surface area contributed by atoms with Gasteiger partial charge in [0, 0.05) is 32.8 Å². The van der Waals surface area contributed by atoms with Crippen LogP contribution in [0.5, 0.6) is 11.5 Å². The summed E-state index contributed by atoms with van der Waals surface area (Å²) in [5, 5.41) is 9.76. The molecule has 0 aromatic heterocycles. The van der Waals surface area contributed by atoms with Crippen molar-refractivity contribution in [1.29, 1.82) is 0 Å². The van der Waals surface area contributed by atoms with Gasteiger partial charge in [0.05, 0.1) is 13.2 Å². The first-order chi connectivity index (χ1) is 14.7. The number of methoxy groups -OCH3 is 1. The van der Waals surface area contributed by atoms with Crippen molar-refractivity contribution in [2.75, 3.05) is 46.4 Å². The molecule has 162 valence electrons. The van der Waals surface area contributed by atoms with Crippen LogP contribution >= 0.6 is 0 Å². The Morgan fingerprint density at radius 1 is 1.03 bits per heavy atom. The number of rotatable bonds is 6. The minimum atomic E-state index is 0.267. The molecule has 5 heteroatoms. The van der Waals surface area contributed by atoms with Crippen LogP contribution in [0, 0.1) is 0 Å². The summed E-state index contributed by atoms with van der Waals surface area (Å²) in [5.74, 6) is 1.83. The van der Waals surface area contributed by atoms with E-state index in [0.717, 1.165) is 70.9 Å². The summed E-state index contributed by atoms with van der Waals surface area (Å²) in [6.07, 6.45) is 3.65. The molecule has 0 aliphatic carbocycles. The van der Waals surface area contributed by atoms with Crippen LogP contribution in [0.3, 0.4) is 0 Å². The zero-order valence-corrected chi connectivity index (χ0v) is 18.0. The van der Waals surface area contributed by atoms with Crippen molar-refractivity contribution in [3.63, 3.8) is 0 Å². The quantitative estimate of drug-likeness (QED) is 0.783. The van der Waals surface area contributed by atoms with Crippen molar-refractivity contribution in [3.8, 4) is 11.5 Å². The van der Waals surface area contributed by atoms with Gasteiger partial charge in [-0.25, -0.2) is 0 Å². The normalized spacial score (nSPS) is 22.0. The van der Waals surface area contributed by atoms with Crippen LogP contribution in [0.1, 0.15) is 36.3 Å². The molecule has 0 radical (unpaired) electrons. The van der Waals surface area contributed by atoms with Gasteiger partial charge in [-0.1, -0.05) is 24.3 Å². The number of likely N-dealkylation sites (tertiary alicyclic amines) is 1. The van der Waals surface area contributed by atoms with Crippen LogP contribution in [-0.4, -0.2) is 67.5 Å². The van der Waals surface area contributed by atoms with Crippen LogP contribution in [0.2, 0.25) is 0 Å². The first-order valence-electron chi connectivity index (χ1n) is 11.2. The highest BCUT2D eigenvalue weighted by Crippen LogP contribution is 2.30. The van der Waals surface area contributed by atoms with E-state index in [0.29, 0.717) is 11.7 Å². The molecule has 2 heterocycles. The third-order valence-electron chi connectivity index (χ3n) is 6.39. The smallest absolute Gasteiger partial charge is 0.118 e. The van der Waals surface area contributed by atoms with E-state index < -0.39 is 0 Å². The van der Waals surface area contributed by atoms with Gasteiger partial charge < -0.3 is 19.5 Å². The van der Waals surface area contributed by atoms with Crippen LogP contribution < -0.4 is 4.74 Å².